The number of hydrogen-bond acceptors (Lipinski definition) is 7. The molecule has 4 N–H and O–H groups in total. The number of nitrogens with one attached hydrogen (secondary N) is 4. The number of nitrogens with zero attached hydrogens (tertiary/aromatic N) is 3. The highest BCUT2D eigenvalue weighted by atomic mass is 16.1. The fraction of sp³-hybridized carbons (Fsp3) is 0.381. The van der Waals surface area contributed by atoms with Crippen LogP contribution >= 0.6 is 0 Å². The number of rotatable bonds is 7. The molecule has 0 saturated carbocycles. The number of aromatic nitrogens is 2. The Morgan fingerprint density at radius 2 is 2.00 bits per heavy atom. The number of H-pyrrole nitrogens is 1. The van der Waals surface area contributed by atoms with Crippen LogP contribution in [0.2, 0.25) is 0 Å². The first-order chi connectivity index (χ1) is 14.4. The molecule has 9 heteroatoms. The Bertz CT molecular complexity index is 997. The van der Waals surface area contributed by atoms with Gasteiger partial charge in [-0.05, 0) is 37.6 Å². The molecule has 3 rings (SSSR count). The maximum absolute atomic E-state index is 12.5. The van der Waals surface area contributed by atoms with Gasteiger partial charge in [0.05, 0.1) is 11.7 Å². The summed E-state index contributed by atoms with van der Waals surface area (Å²) < 4.78 is 0. The maximum Gasteiger partial charge on any atom is 0.278 e. The molecule has 0 spiro atoms. The van der Waals surface area contributed by atoms with Crippen molar-refractivity contribution in [1.29, 1.82) is 0 Å². The van der Waals surface area contributed by atoms with Crippen LogP contribution in [0.1, 0.15) is 30.6 Å². The summed E-state index contributed by atoms with van der Waals surface area (Å²) in [5.74, 6) is 0.846. The SMILES string of the molecule is CCCNC(=O)c1ccc(N(C)C(C)C2=CNc3nc(NC)[nH]c(=O)c3N2C)cc1. The Kier molecular flexibility index (Phi) is 6.29. The minimum atomic E-state index is -0.220. The van der Waals surface area contributed by atoms with E-state index >= 15 is 0 Å². The van der Waals surface area contributed by atoms with Crippen molar-refractivity contribution in [2.24, 2.45) is 0 Å². The summed E-state index contributed by atoms with van der Waals surface area (Å²) >= 11 is 0. The molecule has 30 heavy (non-hydrogen) atoms. The molecule has 1 amide bonds. The van der Waals surface area contributed by atoms with Crippen molar-refractivity contribution in [2.75, 3.05) is 48.1 Å². The molecular formula is C21H29N7O2. The molecule has 0 radical (unpaired) electrons. The van der Waals surface area contributed by atoms with E-state index in [0.29, 0.717) is 29.6 Å². The predicted molar refractivity (Wildman–Crippen MR) is 121 cm³/mol. The van der Waals surface area contributed by atoms with E-state index in [1.807, 2.05) is 56.4 Å². The third-order valence-electron chi connectivity index (χ3n) is 5.29. The lowest BCUT2D eigenvalue weighted by Crippen LogP contribution is -2.41. The van der Waals surface area contributed by atoms with Crippen LogP contribution in [0, 0.1) is 0 Å². The van der Waals surface area contributed by atoms with Gasteiger partial charge in [-0.2, -0.15) is 4.98 Å². The summed E-state index contributed by atoms with van der Waals surface area (Å²) in [4.78, 5) is 35.7. The fourth-order valence-electron chi connectivity index (χ4n) is 3.38. The van der Waals surface area contributed by atoms with Crippen LogP contribution in [0.5, 0.6) is 0 Å². The van der Waals surface area contributed by atoms with Gasteiger partial charge in [-0.15, -0.1) is 0 Å². The van der Waals surface area contributed by atoms with E-state index in [9.17, 15) is 9.59 Å². The van der Waals surface area contributed by atoms with E-state index in [-0.39, 0.29) is 17.5 Å². The molecule has 9 nitrogen and oxygen atoms in total. The Hall–Kier alpha value is -3.49. The first-order valence-electron chi connectivity index (χ1n) is 10.0. The van der Waals surface area contributed by atoms with Crippen LogP contribution in [0.15, 0.2) is 41.0 Å². The van der Waals surface area contributed by atoms with Gasteiger partial charge < -0.3 is 25.8 Å². The number of carbonyl (C=O) groups excluding carboxylic acids is 1. The van der Waals surface area contributed by atoms with E-state index in [4.69, 9.17) is 0 Å². The summed E-state index contributed by atoms with van der Waals surface area (Å²) in [5, 5.41) is 8.86. The summed E-state index contributed by atoms with van der Waals surface area (Å²) in [5.41, 5.74) is 2.76. The molecule has 2 aromatic rings. The summed E-state index contributed by atoms with van der Waals surface area (Å²) in [6.45, 7) is 4.74. The molecule has 160 valence electrons. The number of aromatic amines is 1. The fourth-order valence-corrected chi connectivity index (χ4v) is 3.38. The number of fused-ring (bicyclic) bond motifs is 1. The second-order valence-electron chi connectivity index (χ2n) is 7.22. The zero-order chi connectivity index (χ0) is 21.8. The largest absolute Gasteiger partial charge is 0.366 e. The zero-order valence-electron chi connectivity index (χ0n) is 18.0. The molecule has 1 unspecified atom stereocenters. The number of anilines is 4. The van der Waals surface area contributed by atoms with Crippen molar-refractivity contribution in [1.82, 2.24) is 15.3 Å². The average molecular weight is 412 g/mol. The van der Waals surface area contributed by atoms with Gasteiger partial charge in [-0.25, -0.2) is 0 Å². The van der Waals surface area contributed by atoms with Crippen LogP contribution in [-0.4, -0.2) is 49.6 Å². The zero-order valence-corrected chi connectivity index (χ0v) is 18.0. The second-order valence-corrected chi connectivity index (χ2v) is 7.22. The van der Waals surface area contributed by atoms with Crippen LogP contribution in [0.4, 0.5) is 23.1 Å². The Labute approximate surface area is 176 Å². The summed E-state index contributed by atoms with van der Waals surface area (Å²) in [6, 6.07) is 7.46. The van der Waals surface area contributed by atoms with Gasteiger partial charge in [0.1, 0.15) is 0 Å². The Balaban J connectivity index is 1.78. The van der Waals surface area contributed by atoms with Crippen LogP contribution in [0.25, 0.3) is 0 Å². The van der Waals surface area contributed by atoms with Crippen molar-refractivity contribution in [3.8, 4) is 0 Å². The van der Waals surface area contributed by atoms with Gasteiger partial charge in [0.2, 0.25) is 5.95 Å². The molecular weight excluding hydrogens is 382 g/mol. The number of benzene rings is 1. The molecule has 1 aliphatic rings. The Morgan fingerprint density at radius 1 is 1.30 bits per heavy atom. The van der Waals surface area contributed by atoms with Gasteiger partial charge in [-0.1, -0.05) is 6.92 Å². The highest BCUT2D eigenvalue weighted by molar-refractivity contribution is 5.94. The van der Waals surface area contributed by atoms with Crippen molar-refractivity contribution in [3.63, 3.8) is 0 Å². The number of carbonyl (C=O) groups is 1. The van der Waals surface area contributed by atoms with E-state index < -0.39 is 0 Å². The van der Waals surface area contributed by atoms with Crippen LogP contribution < -0.4 is 31.3 Å². The topological polar surface area (TPSA) is 105 Å². The van der Waals surface area contributed by atoms with Crippen LogP contribution in [0.3, 0.4) is 0 Å². The quantitative estimate of drug-likeness (QED) is 0.553. The number of hydrogen-bond donors (Lipinski definition) is 4. The first-order valence-corrected chi connectivity index (χ1v) is 10.0. The minimum Gasteiger partial charge on any atom is -0.366 e. The number of amides is 1. The van der Waals surface area contributed by atoms with Gasteiger partial charge in [0.15, 0.2) is 11.5 Å². The third-order valence-corrected chi connectivity index (χ3v) is 5.29. The Morgan fingerprint density at radius 3 is 2.63 bits per heavy atom. The highest BCUT2D eigenvalue weighted by Crippen LogP contribution is 2.30. The second kappa shape index (κ2) is 8.89. The summed E-state index contributed by atoms with van der Waals surface area (Å²) in [7, 11) is 5.54. The third kappa shape index (κ3) is 4.10. The molecule has 1 aliphatic heterocycles. The van der Waals surface area contributed by atoms with Gasteiger partial charge in [0, 0.05) is 45.1 Å². The molecule has 0 bridgehead atoms. The first kappa shape index (κ1) is 21.2. The normalized spacial score (nSPS) is 13.6. The van der Waals surface area contributed by atoms with Crippen molar-refractivity contribution in [3.05, 3.63) is 52.1 Å². The highest BCUT2D eigenvalue weighted by Gasteiger charge is 2.27. The van der Waals surface area contributed by atoms with E-state index in [1.54, 1.807) is 7.05 Å². The lowest BCUT2D eigenvalue weighted by Gasteiger charge is -2.36. The smallest absolute Gasteiger partial charge is 0.278 e. The lowest BCUT2D eigenvalue weighted by molar-refractivity contribution is 0.0953. The van der Waals surface area contributed by atoms with Crippen molar-refractivity contribution in [2.45, 2.75) is 26.3 Å². The molecule has 1 aromatic carbocycles. The molecule has 0 saturated heterocycles. The van der Waals surface area contributed by atoms with E-state index in [0.717, 1.165) is 17.8 Å². The molecule has 1 atom stereocenters. The lowest BCUT2D eigenvalue weighted by atomic mass is 10.1. The summed E-state index contributed by atoms with van der Waals surface area (Å²) in [6.07, 6.45) is 2.76. The minimum absolute atomic E-state index is 0.0428. The number of likely N-dealkylation sites (N-methyl/N-ethyl adjacent to an activating group) is 2. The molecule has 1 aromatic heterocycles. The van der Waals surface area contributed by atoms with Gasteiger partial charge in [0.25, 0.3) is 11.5 Å². The van der Waals surface area contributed by atoms with Crippen LogP contribution in [-0.2, 0) is 0 Å². The molecule has 2 heterocycles. The molecule has 0 fully saturated rings. The monoisotopic (exact) mass is 411 g/mol. The van der Waals surface area contributed by atoms with E-state index in [2.05, 4.69) is 37.7 Å². The van der Waals surface area contributed by atoms with E-state index in [1.165, 1.54) is 0 Å². The van der Waals surface area contributed by atoms with Gasteiger partial charge in [-0.3, -0.25) is 14.6 Å². The van der Waals surface area contributed by atoms with Crippen molar-refractivity contribution < 1.29 is 4.79 Å². The van der Waals surface area contributed by atoms with Crippen molar-refractivity contribution >= 4 is 29.0 Å². The predicted octanol–water partition coefficient (Wildman–Crippen LogP) is 2.18. The molecule has 0 aliphatic carbocycles. The maximum atomic E-state index is 12.5. The standard InChI is InChI=1S/C21H29N7O2/c1-6-11-23-19(29)14-7-9-15(10-8-14)27(4)13(2)16-12-24-18-17(28(16)5)20(30)26-21(22-3)25-18/h7-10,12-13H,6,11H2,1-5H3,(H,23,29)(H3,22,24,25,26,30). The average Bonchev–Trinajstić information content (AvgIpc) is 2.76. The van der Waals surface area contributed by atoms with Gasteiger partial charge >= 0.3 is 0 Å².